The van der Waals surface area contributed by atoms with E-state index in [0.29, 0.717) is 13.2 Å². The van der Waals surface area contributed by atoms with E-state index in [1.165, 1.54) is 0 Å². The minimum absolute atomic E-state index is 0.0388. The van der Waals surface area contributed by atoms with E-state index in [2.05, 4.69) is 5.32 Å². The van der Waals surface area contributed by atoms with Crippen LogP contribution in [0.2, 0.25) is 0 Å². The molecule has 1 amide bonds. The number of carbonyl (C=O) groups is 1. The summed E-state index contributed by atoms with van der Waals surface area (Å²) in [6.45, 7) is 3.11. The normalized spacial score (nSPS) is 31.3. The monoisotopic (exact) mass is 214 g/mol. The fourth-order valence-corrected chi connectivity index (χ4v) is 2.19. The van der Waals surface area contributed by atoms with E-state index in [1.54, 1.807) is 7.11 Å². The van der Waals surface area contributed by atoms with E-state index in [0.717, 1.165) is 25.7 Å². The van der Waals surface area contributed by atoms with E-state index in [-0.39, 0.29) is 17.4 Å². The summed E-state index contributed by atoms with van der Waals surface area (Å²) in [6, 6.07) is 0. The Kier molecular flexibility index (Phi) is 4.54. The van der Waals surface area contributed by atoms with Crippen LogP contribution < -0.4 is 11.1 Å². The third-order valence-corrected chi connectivity index (χ3v) is 3.18. The van der Waals surface area contributed by atoms with E-state index >= 15 is 0 Å². The van der Waals surface area contributed by atoms with Crippen LogP contribution >= 0.6 is 0 Å². The summed E-state index contributed by atoms with van der Waals surface area (Å²) in [5.41, 5.74) is 5.80. The molecule has 4 heteroatoms. The van der Waals surface area contributed by atoms with Gasteiger partial charge >= 0.3 is 0 Å². The number of hydrogen-bond donors (Lipinski definition) is 2. The molecule has 15 heavy (non-hydrogen) atoms. The Hall–Kier alpha value is -0.610. The Morgan fingerprint density at radius 1 is 1.60 bits per heavy atom. The third-order valence-electron chi connectivity index (χ3n) is 3.18. The topological polar surface area (TPSA) is 64.3 Å². The predicted molar refractivity (Wildman–Crippen MR) is 59.4 cm³/mol. The molecule has 4 nitrogen and oxygen atoms in total. The van der Waals surface area contributed by atoms with Crippen molar-refractivity contribution < 1.29 is 9.53 Å². The molecule has 0 radical (unpaired) electrons. The van der Waals surface area contributed by atoms with Crippen LogP contribution in [0.25, 0.3) is 0 Å². The Bertz CT molecular complexity index is 217. The second-order valence-corrected chi connectivity index (χ2v) is 4.59. The molecule has 3 N–H and O–H groups in total. The molecule has 0 bridgehead atoms. The maximum absolute atomic E-state index is 11.8. The molecule has 0 heterocycles. The Labute approximate surface area is 91.5 Å². The second-order valence-electron chi connectivity index (χ2n) is 4.59. The summed E-state index contributed by atoms with van der Waals surface area (Å²) >= 11 is 0. The third kappa shape index (κ3) is 3.47. The average molecular weight is 214 g/mol. The maximum atomic E-state index is 11.8. The van der Waals surface area contributed by atoms with Crippen molar-refractivity contribution in [2.45, 2.75) is 38.1 Å². The molecule has 1 saturated carbocycles. The van der Waals surface area contributed by atoms with E-state index in [4.69, 9.17) is 10.5 Å². The van der Waals surface area contributed by atoms with Gasteiger partial charge in [0.25, 0.3) is 0 Å². The van der Waals surface area contributed by atoms with Gasteiger partial charge in [0.1, 0.15) is 0 Å². The van der Waals surface area contributed by atoms with Crippen LogP contribution in [-0.4, -0.2) is 31.7 Å². The van der Waals surface area contributed by atoms with Crippen molar-refractivity contribution in [3.05, 3.63) is 0 Å². The largest absolute Gasteiger partial charge is 0.383 e. The van der Waals surface area contributed by atoms with Gasteiger partial charge in [-0.05, 0) is 19.8 Å². The van der Waals surface area contributed by atoms with Gasteiger partial charge in [0.15, 0.2) is 0 Å². The first kappa shape index (κ1) is 12.5. The number of ether oxygens (including phenoxy) is 1. The smallest absolute Gasteiger partial charge is 0.225 e. The Morgan fingerprint density at radius 3 is 2.93 bits per heavy atom. The van der Waals surface area contributed by atoms with Gasteiger partial charge in [0.05, 0.1) is 12.5 Å². The van der Waals surface area contributed by atoms with Crippen molar-refractivity contribution in [1.82, 2.24) is 5.32 Å². The van der Waals surface area contributed by atoms with Crippen molar-refractivity contribution in [2.24, 2.45) is 11.7 Å². The summed E-state index contributed by atoms with van der Waals surface area (Å²) in [5, 5.41) is 2.86. The van der Waals surface area contributed by atoms with Crippen LogP contribution in [-0.2, 0) is 9.53 Å². The number of hydrogen-bond acceptors (Lipinski definition) is 3. The van der Waals surface area contributed by atoms with Gasteiger partial charge in [-0.2, -0.15) is 0 Å². The van der Waals surface area contributed by atoms with Gasteiger partial charge in [0.2, 0.25) is 5.91 Å². The van der Waals surface area contributed by atoms with E-state index in [1.807, 2.05) is 6.92 Å². The highest BCUT2D eigenvalue weighted by Crippen LogP contribution is 2.31. The summed E-state index contributed by atoms with van der Waals surface area (Å²) in [7, 11) is 1.62. The summed E-state index contributed by atoms with van der Waals surface area (Å²) in [6.07, 6.45) is 4.09. The number of amides is 1. The lowest BCUT2D eigenvalue weighted by Gasteiger charge is -2.37. The zero-order chi connectivity index (χ0) is 11.3. The molecule has 2 atom stereocenters. The molecule has 1 aliphatic rings. The SMILES string of the molecule is COCCNC(=O)C1CCCCC1(C)N. The first-order valence-electron chi connectivity index (χ1n) is 5.63. The zero-order valence-corrected chi connectivity index (χ0v) is 9.71. The van der Waals surface area contributed by atoms with Crippen LogP contribution in [0.3, 0.4) is 0 Å². The number of carbonyl (C=O) groups excluding carboxylic acids is 1. The highest BCUT2D eigenvalue weighted by molar-refractivity contribution is 5.80. The van der Waals surface area contributed by atoms with Gasteiger partial charge in [-0.3, -0.25) is 4.79 Å². The van der Waals surface area contributed by atoms with Crippen molar-refractivity contribution in [3.63, 3.8) is 0 Å². The molecule has 1 aliphatic carbocycles. The molecule has 1 rings (SSSR count). The second kappa shape index (κ2) is 5.47. The van der Waals surface area contributed by atoms with Crippen LogP contribution in [0, 0.1) is 5.92 Å². The van der Waals surface area contributed by atoms with Crippen LogP contribution in [0.4, 0.5) is 0 Å². The van der Waals surface area contributed by atoms with Gasteiger partial charge in [-0.25, -0.2) is 0 Å². The highest BCUT2D eigenvalue weighted by atomic mass is 16.5. The first-order valence-corrected chi connectivity index (χ1v) is 5.63. The standard InChI is InChI=1S/C11H22N2O2/c1-11(12)6-4-3-5-9(11)10(14)13-7-8-15-2/h9H,3-8,12H2,1-2H3,(H,13,14). The molecule has 0 aliphatic heterocycles. The van der Waals surface area contributed by atoms with Gasteiger partial charge in [0, 0.05) is 19.2 Å². The van der Waals surface area contributed by atoms with Gasteiger partial charge in [-0.1, -0.05) is 12.8 Å². The Morgan fingerprint density at radius 2 is 2.33 bits per heavy atom. The van der Waals surface area contributed by atoms with Crippen LogP contribution in [0.5, 0.6) is 0 Å². The number of nitrogens with two attached hydrogens (primary N) is 1. The van der Waals surface area contributed by atoms with Gasteiger partial charge in [-0.15, -0.1) is 0 Å². The van der Waals surface area contributed by atoms with Crippen molar-refractivity contribution in [1.29, 1.82) is 0 Å². The fourth-order valence-electron chi connectivity index (χ4n) is 2.19. The fraction of sp³-hybridized carbons (Fsp3) is 0.909. The minimum Gasteiger partial charge on any atom is -0.383 e. The molecule has 0 aromatic heterocycles. The molecule has 0 saturated heterocycles. The lowest BCUT2D eigenvalue weighted by molar-refractivity contribution is -0.128. The predicted octanol–water partition coefficient (Wildman–Crippen LogP) is 0.657. The Balaban J connectivity index is 2.42. The molecule has 88 valence electrons. The minimum atomic E-state index is -0.338. The van der Waals surface area contributed by atoms with Crippen molar-refractivity contribution >= 4 is 5.91 Å². The maximum Gasteiger partial charge on any atom is 0.225 e. The summed E-state index contributed by atoms with van der Waals surface area (Å²) in [5.74, 6) is 0.0415. The molecule has 0 aromatic carbocycles. The molecule has 1 fully saturated rings. The van der Waals surface area contributed by atoms with E-state index in [9.17, 15) is 4.79 Å². The van der Waals surface area contributed by atoms with E-state index < -0.39 is 0 Å². The lowest BCUT2D eigenvalue weighted by atomic mass is 9.74. The summed E-state index contributed by atoms with van der Waals surface area (Å²) < 4.78 is 4.89. The molecular formula is C11H22N2O2. The zero-order valence-electron chi connectivity index (χ0n) is 9.71. The highest BCUT2D eigenvalue weighted by Gasteiger charge is 2.37. The van der Waals surface area contributed by atoms with Crippen molar-refractivity contribution in [2.75, 3.05) is 20.3 Å². The average Bonchev–Trinajstić information content (AvgIpc) is 2.17. The molecule has 2 unspecified atom stereocenters. The lowest BCUT2D eigenvalue weighted by Crippen LogP contribution is -2.53. The van der Waals surface area contributed by atoms with Crippen LogP contribution in [0.15, 0.2) is 0 Å². The van der Waals surface area contributed by atoms with Gasteiger partial charge < -0.3 is 15.8 Å². The number of rotatable bonds is 4. The first-order chi connectivity index (χ1) is 7.08. The number of methoxy groups -OCH3 is 1. The molecule has 0 spiro atoms. The van der Waals surface area contributed by atoms with Crippen molar-refractivity contribution in [3.8, 4) is 0 Å². The summed E-state index contributed by atoms with van der Waals surface area (Å²) in [4.78, 5) is 11.8. The molecule has 0 aromatic rings. The quantitative estimate of drug-likeness (QED) is 0.676. The molecular weight excluding hydrogens is 192 g/mol. The van der Waals surface area contributed by atoms with Crippen LogP contribution in [0.1, 0.15) is 32.6 Å². The number of nitrogens with one attached hydrogen (secondary N) is 1.